The number of amides is 2. The second kappa shape index (κ2) is 12.0. The van der Waals surface area contributed by atoms with Crippen LogP contribution < -0.4 is 16.2 Å². The Bertz CT molecular complexity index is 1490. The van der Waals surface area contributed by atoms with Crippen molar-refractivity contribution in [2.75, 3.05) is 11.1 Å². The second-order valence-corrected chi connectivity index (χ2v) is 9.19. The number of alkyl halides is 3. The molecule has 0 saturated carbocycles. The first kappa shape index (κ1) is 27.0. The monoisotopic (exact) mass is 544 g/mol. The second-order valence-electron chi connectivity index (χ2n) is 8.24. The molecule has 0 spiro atoms. The summed E-state index contributed by atoms with van der Waals surface area (Å²) in [5, 5.41) is 5.85. The van der Waals surface area contributed by atoms with E-state index in [0.29, 0.717) is 23.1 Å². The van der Waals surface area contributed by atoms with Gasteiger partial charge in [-0.25, -0.2) is 4.98 Å². The van der Waals surface area contributed by atoms with Gasteiger partial charge in [0.15, 0.2) is 5.16 Å². The molecule has 2 amide bonds. The number of nitrogens with zero attached hydrogens (tertiary/aromatic N) is 2. The summed E-state index contributed by atoms with van der Waals surface area (Å²) < 4.78 is 45.5. The van der Waals surface area contributed by atoms with E-state index in [0.717, 1.165) is 23.9 Å². The van der Waals surface area contributed by atoms with E-state index >= 15 is 0 Å². The molecule has 0 unspecified atom stereocenters. The van der Waals surface area contributed by atoms with Gasteiger partial charge in [-0.1, -0.05) is 30.0 Å². The van der Waals surface area contributed by atoms with E-state index in [-0.39, 0.29) is 47.6 Å². The molecule has 0 saturated heterocycles. The summed E-state index contributed by atoms with van der Waals surface area (Å²) in [5.41, 5.74) is -0.728. The number of nitrogens with one attached hydrogen (secondary N) is 2. The number of hydrogen-bond donors (Lipinski definition) is 2. The average Bonchev–Trinajstić information content (AvgIpc) is 3.41. The number of halogens is 3. The van der Waals surface area contributed by atoms with Crippen LogP contribution in [-0.4, -0.2) is 27.1 Å². The number of hydrogen-bond acceptors (Lipinski definition) is 6. The van der Waals surface area contributed by atoms with E-state index in [1.165, 1.54) is 23.0 Å². The molecule has 198 valence electrons. The third-order valence-corrected chi connectivity index (χ3v) is 6.43. The fourth-order valence-electron chi connectivity index (χ4n) is 3.64. The number of anilines is 1. The molecular formula is C26H23F3N4O4S. The van der Waals surface area contributed by atoms with Gasteiger partial charge in [-0.05, 0) is 48.9 Å². The van der Waals surface area contributed by atoms with Gasteiger partial charge < -0.3 is 15.1 Å². The van der Waals surface area contributed by atoms with Crippen LogP contribution in [0.2, 0.25) is 0 Å². The Hall–Kier alpha value is -4.06. The molecule has 38 heavy (non-hydrogen) atoms. The van der Waals surface area contributed by atoms with Gasteiger partial charge >= 0.3 is 6.18 Å². The smallest absolute Gasteiger partial charge is 0.416 e. The standard InChI is InChI=1S/C26H23F3N4O4S/c27-26(28,29)17-6-3-7-18(14-17)31-23(35)16-38-25-32-21-10-2-1-9-20(21)24(36)33(25)12-4-11-22(34)30-15-19-8-5-13-37-19/h1-3,5-10,13-14H,4,11-12,15-16H2,(H,30,34)(H,31,35). The predicted molar refractivity (Wildman–Crippen MR) is 137 cm³/mol. The van der Waals surface area contributed by atoms with Crippen LogP contribution in [0.1, 0.15) is 24.2 Å². The Morgan fingerprint density at radius 3 is 2.61 bits per heavy atom. The zero-order valence-electron chi connectivity index (χ0n) is 20.0. The Morgan fingerprint density at radius 1 is 1.03 bits per heavy atom. The Balaban J connectivity index is 1.42. The minimum Gasteiger partial charge on any atom is -0.467 e. The number of carbonyl (C=O) groups is 2. The quantitative estimate of drug-likeness (QED) is 0.219. The highest BCUT2D eigenvalue weighted by atomic mass is 32.2. The fourth-order valence-corrected chi connectivity index (χ4v) is 4.47. The first-order chi connectivity index (χ1) is 18.2. The van der Waals surface area contributed by atoms with Crippen molar-refractivity contribution >= 4 is 40.2 Å². The summed E-state index contributed by atoms with van der Waals surface area (Å²) >= 11 is 0.985. The van der Waals surface area contributed by atoms with Crippen LogP contribution >= 0.6 is 11.8 Å². The summed E-state index contributed by atoms with van der Waals surface area (Å²) in [5.74, 6) is -0.334. The number of furan rings is 1. The molecule has 4 rings (SSSR count). The highest BCUT2D eigenvalue weighted by Crippen LogP contribution is 2.30. The van der Waals surface area contributed by atoms with Crippen LogP contribution in [0.5, 0.6) is 0 Å². The summed E-state index contributed by atoms with van der Waals surface area (Å²) in [7, 11) is 0. The van der Waals surface area contributed by atoms with Gasteiger partial charge in [-0.15, -0.1) is 0 Å². The minimum absolute atomic E-state index is 0.00912. The topological polar surface area (TPSA) is 106 Å². The number of benzene rings is 2. The molecule has 0 bridgehead atoms. The Morgan fingerprint density at radius 2 is 1.84 bits per heavy atom. The molecule has 2 heterocycles. The van der Waals surface area contributed by atoms with E-state index in [9.17, 15) is 27.6 Å². The molecule has 0 atom stereocenters. The average molecular weight is 545 g/mol. The van der Waals surface area contributed by atoms with Crippen molar-refractivity contribution in [2.24, 2.45) is 0 Å². The number of rotatable bonds is 10. The predicted octanol–water partition coefficient (Wildman–Crippen LogP) is 4.84. The maximum absolute atomic E-state index is 13.2. The van der Waals surface area contributed by atoms with Crippen LogP contribution in [0, 0.1) is 0 Å². The lowest BCUT2D eigenvalue weighted by atomic mass is 10.2. The summed E-state index contributed by atoms with van der Waals surface area (Å²) in [6.45, 7) is 0.438. The van der Waals surface area contributed by atoms with E-state index in [2.05, 4.69) is 15.6 Å². The third kappa shape index (κ3) is 7.03. The number of carbonyl (C=O) groups excluding carboxylic acids is 2. The van der Waals surface area contributed by atoms with Gasteiger partial charge in [0.2, 0.25) is 11.8 Å². The lowest BCUT2D eigenvalue weighted by Gasteiger charge is -2.13. The molecular weight excluding hydrogens is 521 g/mol. The van der Waals surface area contributed by atoms with Crippen LogP contribution in [0.4, 0.5) is 18.9 Å². The molecule has 0 radical (unpaired) electrons. The van der Waals surface area contributed by atoms with Crippen molar-refractivity contribution in [3.63, 3.8) is 0 Å². The van der Waals surface area contributed by atoms with Gasteiger partial charge in [0.05, 0.1) is 35.0 Å². The zero-order chi connectivity index (χ0) is 27.1. The number of aromatic nitrogens is 2. The van der Waals surface area contributed by atoms with Crippen molar-refractivity contribution < 1.29 is 27.2 Å². The fraction of sp³-hybridized carbons (Fsp3) is 0.231. The van der Waals surface area contributed by atoms with E-state index in [1.54, 1.807) is 36.4 Å². The Labute approximate surface area is 219 Å². The zero-order valence-corrected chi connectivity index (χ0v) is 20.8. The lowest BCUT2D eigenvalue weighted by Crippen LogP contribution is -2.26. The first-order valence-electron chi connectivity index (χ1n) is 11.6. The van der Waals surface area contributed by atoms with Gasteiger partial charge in [-0.2, -0.15) is 13.2 Å². The molecule has 2 aromatic heterocycles. The van der Waals surface area contributed by atoms with E-state index < -0.39 is 17.6 Å². The summed E-state index contributed by atoms with van der Waals surface area (Å²) in [4.78, 5) is 42.4. The highest BCUT2D eigenvalue weighted by Gasteiger charge is 2.30. The molecule has 12 heteroatoms. The van der Waals surface area contributed by atoms with Crippen molar-refractivity contribution in [1.82, 2.24) is 14.9 Å². The van der Waals surface area contributed by atoms with Crippen LogP contribution in [0.3, 0.4) is 0 Å². The van der Waals surface area contributed by atoms with E-state index in [4.69, 9.17) is 4.42 Å². The first-order valence-corrected chi connectivity index (χ1v) is 12.6. The number of thioether (sulfide) groups is 1. The number of para-hydroxylation sites is 1. The van der Waals surface area contributed by atoms with E-state index in [1.807, 2.05) is 0 Å². The van der Waals surface area contributed by atoms with Crippen molar-refractivity contribution in [1.29, 1.82) is 0 Å². The summed E-state index contributed by atoms with van der Waals surface area (Å²) in [6, 6.07) is 14.6. The maximum atomic E-state index is 13.2. The van der Waals surface area contributed by atoms with Gasteiger partial charge in [0.1, 0.15) is 5.76 Å². The van der Waals surface area contributed by atoms with Gasteiger partial charge in [-0.3, -0.25) is 19.0 Å². The Kier molecular flexibility index (Phi) is 8.52. The number of fused-ring (bicyclic) bond motifs is 1. The minimum atomic E-state index is -4.53. The molecule has 0 aliphatic rings. The SMILES string of the molecule is O=C(CCCn1c(SCC(=O)Nc2cccc(C(F)(F)F)c2)nc2ccccc2c1=O)NCc1ccco1. The lowest BCUT2D eigenvalue weighted by molar-refractivity contribution is -0.137. The van der Waals surface area contributed by atoms with Gasteiger partial charge in [0, 0.05) is 18.7 Å². The van der Waals surface area contributed by atoms with Crippen LogP contribution in [0.15, 0.2) is 81.3 Å². The molecule has 2 N–H and O–H groups in total. The third-order valence-electron chi connectivity index (χ3n) is 5.46. The van der Waals surface area contributed by atoms with Crippen molar-refractivity contribution in [3.05, 3.63) is 88.6 Å². The molecule has 0 aliphatic heterocycles. The molecule has 0 fully saturated rings. The largest absolute Gasteiger partial charge is 0.467 e. The normalized spacial score (nSPS) is 11.4. The molecule has 2 aromatic carbocycles. The van der Waals surface area contributed by atoms with Crippen LogP contribution in [0.25, 0.3) is 10.9 Å². The molecule has 4 aromatic rings. The van der Waals surface area contributed by atoms with Crippen molar-refractivity contribution in [3.8, 4) is 0 Å². The van der Waals surface area contributed by atoms with Gasteiger partial charge in [0.25, 0.3) is 5.56 Å². The highest BCUT2D eigenvalue weighted by molar-refractivity contribution is 7.99. The maximum Gasteiger partial charge on any atom is 0.416 e. The summed E-state index contributed by atoms with van der Waals surface area (Å²) in [6.07, 6.45) is -2.52. The van der Waals surface area contributed by atoms with Crippen LogP contribution in [-0.2, 0) is 28.9 Å². The molecule has 8 nitrogen and oxygen atoms in total. The van der Waals surface area contributed by atoms with Crippen molar-refractivity contribution in [2.45, 2.75) is 37.3 Å². The molecule has 0 aliphatic carbocycles.